The van der Waals surface area contributed by atoms with E-state index < -0.39 is 0 Å². The molecule has 0 bridgehead atoms. The van der Waals surface area contributed by atoms with Crippen LogP contribution in [0.5, 0.6) is 0 Å². The highest BCUT2D eigenvalue weighted by Crippen LogP contribution is 2.04. The zero-order valence-electron chi connectivity index (χ0n) is 6.91. The fourth-order valence-corrected chi connectivity index (χ4v) is 0.824. The lowest BCUT2D eigenvalue weighted by Crippen LogP contribution is -2.02. The number of oxime groups is 1. The van der Waals surface area contributed by atoms with E-state index >= 15 is 0 Å². The quantitative estimate of drug-likeness (QED) is 0.354. The number of nitrogens with one attached hydrogen (secondary N) is 2. The fourth-order valence-electron chi connectivity index (χ4n) is 0.824. The highest BCUT2D eigenvalue weighted by Gasteiger charge is 1.95. The molecule has 1 aromatic rings. The summed E-state index contributed by atoms with van der Waals surface area (Å²) in [6, 6.07) is 1.92. The zero-order chi connectivity index (χ0) is 8.81. The summed E-state index contributed by atoms with van der Waals surface area (Å²) in [6.45, 7) is 2.52. The molecule has 66 valence electrons. The van der Waals surface area contributed by atoms with Crippen molar-refractivity contribution >= 4 is 12.0 Å². The van der Waals surface area contributed by atoms with E-state index in [1.807, 2.05) is 13.0 Å². The average molecular weight is 168 g/mol. The number of H-pyrrole nitrogens is 1. The van der Waals surface area contributed by atoms with Crippen LogP contribution >= 0.6 is 0 Å². The maximum atomic E-state index is 8.10. The van der Waals surface area contributed by atoms with Crippen LogP contribution in [-0.2, 0) is 6.42 Å². The lowest BCUT2D eigenvalue weighted by Gasteiger charge is -1.93. The summed E-state index contributed by atoms with van der Waals surface area (Å²) in [5, 5.41) is 20.7. The third kappa shape index (κ3) is 2.26. The van der Waals surface area contributed by atoms with Gasteiger partial charge in [-0.25, -0.2) is 0 Å². The molecule has 0 spiro atoms. The second-order valence-electron chi connectivity index (χ2n) is 2.31. The molecule has 0 atom stereocenters. The van der Waals surface area contributed by atoms with Gasteiger partial charge in [-0.1, -0.05) is 6.92 Å². The van der Waals surface area contributed by atoms with E-state index in [4.69, 9.17) is 5.21 Å². The van der Waals surface area contributed by atoms with Crippen LogP contribution in [0, 0.1) is 0 Å². The molecule has 0 aliphatic rings. The zero-order valence-corrected chi connectivity index (χ0v) is 6.91. The van der Waals surface area contributed by atoms with E-state index in [1.165, 1.54) is 6.21 Å². The van der Waals surface area contributed by atoms with Crippen molar-refractivity contribution in [2.45, 2.75) is 13.3 Å². The summed E-state index contributed by atoms with van der Waals surface area (Å²) in [6.07, 6.45) is 2.29. The van der Waals surface area contributed by atoms with Crippen LogP contribution in [-0.4, -0.2) is 28.2 Å². The summed E-state index contributed by atoms with van der Waals surface area (Å²) >= 11 is 0. The van der Waals surface area contributed by atoms with Crippen molar-refractivity contribution in [3.05, 3.63) is 11.8 Å². The Bertz CT molecular complexity index is 256. The third-order valence-corrected chi connectivity index (χ3v) is 1.47. The Morgan fingerprint density at radius 1 is 1.83 bits per heavy atom. The molecule has 1 rings (SSSR count). The largest absolute Gasteiger partial charge is 0.411 e. The molecule has 5 heteroatoms. The minimum absolute atomic E-state index is 0.477. The summed E-state index contributed by atoms with van der Waals surface area (Å²) in [4.78, 5) is 0. The van der Waals surface area contributed by atoms with Crippen molar-refractivity contribution in [3.8, 4) is 0 Å². The highest BCUT2D eigenvalue weighted by atomic mass is 16.4. The minimum atomic E-state index is 0.477. The molecule has 5 nitrogen and oxygen atoms in total. The predicted octanol–water partition coefficient (Wildman–Crippen LogP) is 0.844. The first kappa shape index (κ1) is 8.58. The molecule has 0 amide bonds. The van der Waals surface area contributed by atoms with Gasteiger partial charge in [0.1, 0.15) is 5.82 Å². The highest BCUT2D eigenvalue weighted by molar-refractivity contribution is 5.62. The summed E-state index contributed by atoms with van der Waals surface area (Å²) in [5.41, 5.74) is 1.08. The van der Waals surface area contributed by atoms with Gasteiger partial charge in [0.25, 0.3) is 0 Å². The van der Waals surface area contributed by atoms with Crippen LogP contribution in [0.1, 0.15) is 12.6 Å². The maximum Gasteiger partial charge on any atom is 0.148 e. The molecule has 0 radical (unpaired) electrons. The molecule has 0 saturated carbocycles. The molecule has 0 aliphatic heterocycles. The fraction of sp³-hybridized carbons (Fsp3) is 0.429. The third-order valence-electron chi connectivity index (χ3n) is 1.47. The summed E-state index contributed by atoms with van der Waals surface area (Å²) < 4.78 is 0. The van der Waals surface area contributed by atoms with Gasteiger partial charge in [-0.15, -0.1) is 5.16 Å². The number of aryl methyl sites for hydroxylation is 1. The van der Waals surface area contributed by atoms with Crippen molar-refractivity contribution in [3.63, 3.8) is 0 Å². The lowest BCUT2D eigenvalue weighted by atomic mass is 10.3. The molecule has 0 fully saturated rings. The number of hydrogen-bond donors (Lipinski definition) is 3. The van der Waals surface area contributed by atoms with Crippen LogP contribution in [0.4, 0.5) is 5.82 Å². The number of aromatic nitrogens is 2. The molecule has 12 heavy (non-hydrogen) atoms. The van der Waals surface area contributed by atoms with Crippen LogP contribution < -0.4 is 5.32 Å². The Hall–Kier alpha value is -1.52. The van der Waals surface area contributed by atoms with Crippen molar-refractivity contribution in [1.82, 2.24) is 10.2 Å². The number of nitrogens with zero attached hydrogens (tertiary/aromatic N) is 2. The Balaban J connectivity index is 2.41. The van der Waals surface area contributed by atoms with E-state index in [2.05, 4.69) is 20.7 Å². The van der Waals surface area contributed by atoms with Crippen LogP contribution in [0.3, 0.4) is 0 Å². The molecule has 0 aromatic carbocycles. The average Bonchev–Trinajstić information content (AvgIpc) is 2.53. The van der Waals surface area contributed by atoms with Crippen molar-refractivity contribution in [2.24, 2.45) is 5.16 Å². The SMILES string of the molecule is CCc1cc(NCC=NO)n[nH]1. The normalized spacial score (nSPS) is 10.8. The van der Waals surface area contributed by atoms with Crippen molar-refractivity contribution in [1.29, 1.82) is 0 Å². The van der Waals surface area contributed by atoms with E-state index in [0.717, 1.165) is 17.9 Å². The topological polar surface area (TPSA) is 73.3 Å². The Kier molecular flexibility index (Phi) is 3.13. The lowest BCUT2D eigenvalue weighted by molar-refractivity contribution is 0.321. The Labute approximate surface area is 70.5 Å². The summed E-state index contributed by atoms with van der Waals surface area (Å²) in [5.74, 6) is 0.770. The van der Waals surface area contributed by atoms with Gasteiger partial charge in [-0.05, 0) is 6.42 Å². The van der Waals surface area contributed by atoms with Crippen molar-refractivity contribution in [2.75, 3.05) is 11.9 Å². The van der Waals surface area contributed by atoms with Gasteiger partial charge in [0, 0.05) is 11.8 Å². The van der Waals surface area contributed by atoms with Crippen LogP contribution in [0.15, 0.2) is 11.2 Å². The number of aromatic amines is 1. The molecule has 0 unspecified atom stereocenters. The van der Waals surface area contributed by atoms with Gasteiger partial charge in [-0.3, -0.25) is 5.10 Å². The van der Waals surface area contributed by atoms with Gasteiger partial charge in [0.05, 0.1) is 12.8 Å². The molecular weight excluding hydrogens is 156 g/mol. The van der Waals surface area contributed by atoms with Gasteiger partial charge < -0.3 is 10.5 Å². The number of anilines is 1. The van der Waals surface area contributed by atoms with Gasteiger partial charge >= 0.3 is 0 Å². The van der Waals surface area contributed by atoms with E-state index in [0.29, 0.717) is 6.54 Å². The first-order valence-electron chi connectivity index (χ1n) is 3.81. The predicted molar refractivity (Wildman–Crippen MR) is 46.7 cm³/mol. The summed E-state index contributed by atoms with van der Waals surface area (Å²) in [7, 11) is 0. The molecule has 1 heterocycles. The first-order valence-corrected chi connectivity index (χ1v) is 3.81. The number of rotatable bonds is 4. The molecule has 0 aliphatic carbocycles. The van der Waals surface area contributed by atoms with Gasteiger partial charge in [0.2, 0.25) is 0 Å². The smallest absolute Gasteiger partial charge is 0.148 e. The van der Waals surface area contributed by atoms with Gasteiger partial charge in [-0.2, -0.15) is 5.10 Å². The Morgan fingerprint density at radius 2 is 2.67 bits per heavy atom. The second-order valence-corrected chi connectivity index (χ2v) is 2.31. The van der Waals surface area contributed by atoms with Crippen LogP contribution in [0.25, 0.3) is 0 Å². The van der Waals surface area contributed by atoms with Crippen LogP contribution in [0.2, 0.25) is 0 Å². The minimum Gasteiger partial charge on any atom is -0.411 e. The molecule has 0 saturated heterocycles. The van der Waals surface area contributed by atoms with Gasteiger partial charge in [0.15, 0.2) is 0 Å². The second kappa shape index (κ2) is 4.38. The molecule has 1 aromatic heterocycles. The first-order chi connectivity index (χ1) is 5.86. The van der Waals surface area contributed by atoms with E-state index in [-0.39, 0.29) is 0 Å². The standard InChI is InChI=1S/C7H12N4O/c1-2-6-5-7(11-10-6)8-3-4-9-12/h4-5,12H,2-3H2,1H3,(H2,8,10,11). The molecule has 3 N–H and O–H groups in total. The van der Waals surface area contributed by atoms with E-state index in [9.17, 15) is 0 Å². The molecular formula is C7H12N4O. The van der Waals surface area contributed by atoms with E-state index in [1.54, 1.807) is 0 Å². The number of hydrogen-bond acceptors (Lipinski definition) is 4. The van der Waals surface area contributed by atoms with Crippen molar-refractivity contribution < 1.29 is 5.21 Å². The monoisotopic (exact) mass is 168 g/mol. The maximum absolute atomic E-state index is 8.10. The Morgan fingerprint density at radius 3 is 3.25 bits per heavy atom.